The first-order valence-corrected chi connectivity index (χ1v) is 5.45. The quantitative estimate of drug-likeness (QED) is 0.561. The number of hydrogen-bond donors (Lipinski definition) is 2. The van der Waals surface area contributed by atoms with Crippen LogP contribution in [0.5, 0.6) is 0 Å². The molecule has 0 aliphatic heterocycles. The number of rotatable bonds is 6. The van der Waals surface area contributed by atoms with Crippen LogP contribution >= 0.6 is 0 Å². The number of allylic oxidation sites excluding steroid dienone is 1. The van der Waals surface area contributed by atoms with Crippen molar-refractivity contribution in [3.05, 3.63) is 48.0 Å². The fraction of sp³-hybridized carbons (Fsp3) is 0.308. The number of hydrogen-bond acceptors (Lipinski definition) is 2. The van der Waals surface area contributed by atoms with E-state index >= 15 is 0 Å². The first-order chi connectivity index (χ1) is 7.83. The van der Waals surface area contributed by atoms with E-state index in [1.54, 1.807) is 0 Å². The molecule has 0 atom stereocenters. The maximum atomic E-state index is 11.4. The Labute approximate surface area is 96.6 Å². The molecule has 0 aromatic heterocycles. The highest BCUT2D eigenvalue weighted by Gasteiger charge is 1.98. The van der Waals surface area contributed by atoms with E-state index in [0.717, 1.165) is 12.1 Å². The van der Waals surface area contributed by atoms with Gasteiger partial charge in [-0.25, -0.2) is 0 Å². The standard InChI is InChI=1S/C13H18N2O/c1-2-3-9-14-11-13(16)15-10-12-7-5-4-6-8-12/h2-8,14H,9-11H2,1H3,(H,15,16)/b3-2+. The molecule has 1 amide bonds. The summed E-state index contributed by atoms with van der Waals surface area (Å²) in [5, 5.41) is 5.87. The van der Waals surface area contributed by atoms with E-state index in [4.69, 9.17) is 0 Å². The molecule has 3 heteroatoms. The molecular weight excluding hydrogens is 200 g/mol. The second-order valence-corrected chi connectivity index (χ2v) is 3.46. The van der Waals surface area contributed by atoms with Crippen molar-refractivity contribution in [3.8, 4) is 0 Å². The number of nitrogens with one attached hydrogen (secondary N) is 2. The fourth-order valence-electron chi connectivity index (χ4n) is 1.25. The lowest BCUT2D eigenvalue weighted by Crippen LogP contribution is -2.33. The number of carbonyl (C=O) groups is 1. The second kappa shape index (κ2) is 7.65. The van der Waals surface area contributed by atoms with Crippen LogP contribution in [-0.4, -0.2) is 19.0 Å². The summed E-state index contributed by atoms with van der Waals surface area (Å²) in [6, 6.07) is 9.88. The molecule has 1 aromatic rings. The van der Waals surface area contributed by atoms with Gasteiger partial charge in [-0.05, 0) is 12.5 Å². The van der Waals surface area contributed by atoms with Gasteiger partial charge in [0, 0.05) is 13.1 Å². The van der Waals surface area contributed by atoms with Gasteiger partial charge in [0.25, 0.3) is 0 Å². The zero-order valence-corrected chi connectivity index (χ0v) is 9.57. The zero-order chi connectivity index (χ0) is 11.6. The SMILES string of the molecule is C/C=C/CNCC(=O)NCc1ccccc1. The monoisotopic (exact) mass is 218 g/mol. The van der Waals surface area contributed by atoms with Crippen LogP contribution in [0.1, 0.15) is 12.5 Å². The van der Waals surface area contributed by atoms with E-state index in [0.29, 0.717) is 13.1 Å². The van der Waals surface area contributed by atoms with E-state index in [-0.39, 0.29) is 5.91 Å². The minimum atomic E-state index is 0.0216. The Morgan fingerprint density at radius 1 is 1.31 bits per heavy atom. The lowest BCUT2D eigenvalue weighted by atomic mass is 10.2. The van der Waals surface area contributed by atoms with Gasteiger partial charge in [0.1, 0.15) is 0 Å². The Morgan fingerprint density at radius 2 is 2.06 bits per heavy atom. The summed E-state index contributed by atoms with van der Waals surface area (Å²) in [5.74, 6) is 0.0216. The molecular formula is C13H18N2O. The van der Waals surface area contributed by atoms with Gasteiger partial charge in [0.15, 0.2) is 0 Å². The third-order valence-corrected chi connectivity index (χ3v) is 2.12. The molecule has 0 heterocycles. The van der Waals surface area contributed by atoms with Gasteiger partial charge in [-0.3, -0.25) is 4.79 Å². The highest BCUT2D eigenvalue weighted by Crippen LogP contribution is 1.96. The Hall–Kier alpha value is -1.61. The van der Waals surface area contributed by atoms with Crippen molar-refractivity contribution in [1.82, 2.24) is 10.6 Å². The Balaban J connectivity index is 2.15. The Bertz CT molecular complexity index is 333. The maximum Gasteiger partial charge on any atom is 0.234 e. The van der Waals surface area contributed by atoms with E-state index in [1.807, 2.05) is 49.4 Å². The van der Waals surface area contributed by atoms with Crippen LogP contribution in [0, 0.1) is 0 Å². The van der Waals surface area contributed by atoms with Crippen LogP contribution in [0.25, 0.3) is 0 Å². The molecule has 3 nitrogen and oxygen atoms in total. The predicted molar refractivity (Wildman–Crippen MR) is 66.0 cm³/mol. The van der Waals surface area contributed by atoms with Crippen molar-refractivity contribution in [2.75, 3.05) is 13.1 Å². The van der Waals surface area contributed by atoms with E-state index in [2.05, 4.69) is 10.6 Å². The summed E-state index contributed by atoms with van der Waals surface area (Å²) in [4.78, 5) is 11.4. The third-order valence-electron chi connectivity index (χ3n) is 2.12. The molecule has 0 saturated carbocycles. The predicted octanol–water partition coefficient (Wildman–Crippen LogP) is 1.47. The summed E-state index contributed by atoms with van der Waals surface area (Å²) < 4.78 is 0. The van der Waals surface area contributed by atoms with Crippen LogP contribution in [0.4, 0.5) is 0 Å². The molecule has 0 aliphatic rings. The maximum absolute atomic E-state index is 11.4. The van der Waals surface area contributed by atoms with Crippen molar-refractivity contribution in [2.24, 2.45) is 0 Å². The average Bonchev–Trinajstić information content (AvgIpc) is 2.33. The molecule has 0 radical (unpaired) electrons. The van der Waals surface area contributed by atoms with Crippen molar-refractivity contribution < 1.29 is 4.79 Å². The van der Waals surface area contributed by atoms with Gasteiger partial charge < -0.3 is 10.6 Å². The van der Waals surface area contributed by atoms with Gasteiger partial charge >= 0.3 is 0 Å². The summed E-state index contributed by atoms with van der Waals surface area (Å²) in [6.45, 7) is 3.63. The summed E-state index contributed by atoms with van der Waals surface area (Å²) in [5.41, 5.74) is 1.12. The van der Waals surface area contributed by atoms with Gasteiger partial charge in [-0.2, -0.15) is 0 Å². The molecule has 0 unspecified atom stereocenters. The third kappa shape index (κ3) is 5.32. The molecule has 0 spiro atoms. The van der Waals surface area contributed by atoms with Crippen LogP contribution in [-0.2, 0) is 11.3 Å². The molecule has 0 aliphatic carbocycles. The second-order valence-electron chi connectivity index (χ2n) is 3.46. The van der Waals surface area contributed by atoms with Crippen LogP contribution in [0.2, 0.25) is 0 Å². The summed E-state index contributed by atoms with van der Waals surface area (Å²) in [7, 11) is 0. The minimum Gasteiger partial charge on any atom is -0.351 e. The smallest absolute Gasteiger partial charge is 0.234 e. The van der Waals surface area contributed by atoms with E-state index in [9.17, 15) is 4.79 Å². The van der Waals surface area contributed by atoms with Gasteiger partial charge in [0.2, 0.25) is 5.91 Å². The molecule has 16 heavy (non-hydrogen) atoms. The summed E-state index contributed by atoms with van der Waals surface area (Å²) >= 11 is 0. The molecule has 1 rings (SSSR count). The molecule has 2 N–H and O–H groups in total. The largest absolute Gasteiger partial charge is 0.351 e. The van der Waals surface area contributed by atoms with Crippen molar-refractivity contribution >= 4 is 5.91 Å². The van der Waals surface area contributed by atoms with Gasteiger partial charge in [-0.15, -0.1) is 0 Å². The number of amides is 1. The molecule has 0 bridgehead atoms. The van der Waals surface area contributed by atoms with Crippen LogP contribution < -0.4 is 10.6 Å². The topological polar surface area (TPSA) is 41.1 Å². The lowest BCUT2D eigenvalue weighted by molar-refractivity contribution is -0.120. The fourth-order valence-corrected chi connectivity index (χ4v) is 1.25. The number of benzene rings is 1. The Morgan fingerprint density at radius 3 is 2.75 bits per heavy atom. The summed E-state index contributed by atoms with van der Waals surface area (Å²) in [6.07, 6.45) is 3.93. The van der Waals surface area contributed by atoms with Gasteiger partial charge in [-0.1, -0.05) is 42.5 Å². The first kappa shape index (κ1) is 12.5. The van der Waals surface area contributed by atoms with Crippen molar-refractivity contribution in [2.45, 2.75) is 13.5 Å². The molecule has 1 aromatic carbocycles. The van der Waals surface area contributed by atoms with E-state index < -0.39 is 0 Å². The van der Waals surface area contributed by atoms with Gasteiger partial charge in [0.05, 0.1) is 6.54 Å². The van der Waals surface area contributed by atoms with Crippen molar-refractivity contribution in [1.29, 1.82) is 0 Å². The lowest BCUT2D eigenvalue weighted by Gasteiger charge is -2.05. The molecule has 0 saturated heterocycles. The Kier molecular flexibility index (Phi) is 5.96. The number of carbonyl (C=O) groups excluding carboxylic acids is 1. The molecule has 86 valence electrons. The minimum absolute atomic E-state index is 0.0216. The zero-order valence-electron chi connectivity index (χ0n) is 9.57. The normalized spacial score (nSPS) is 10.6. The van der Waals surface area contributed by atoms with E-state index in [1.165, 1.54) is 0 Å². The highest BCUT2D eigenvalue weighted by atomic mass is 16.1. The average molecular weight is 218 g/mol. The highest BCUT2D eigenvalue weighted by molar-refractivity contribution is 5.77. The van der Waals surface area contributed by atoms with Crippen molar-refractivity contribution in [3.63, 3.8) is 0 Å². The van der Waals surface area contributed by atoms with Crippen LogP contribution in [0.15, 0.2) is 42.5 Å². The van der Waals surface area contributed by atoms with Crippen LogP contribution in [0.3, 0.4) is 0 Å². The molecule has 0 fully saturated rings. The first-order valence-electron chi connectivity index (χ1n) is 5.45.